The number of hydrogen-bond acceptors (Lipinski definition) is 4. The fourth-order valence-corrected chi connectivity index (χ4v) is 4.17. The normalized spacial score (nSPS) is 21.9. The molecule has 162 valence electrons. The maximum atomic E-state index is 13.2. The van der Waals surface area contributed by atoms with Gasteiger partial charge in [0.05, 0.1) is 18.1 Å². The van der Waals surface area contributed by atoms with Gasteiger partial charge in [0, 0.05) is 17.7 Å². The Morgan fingerprint density at radius 2 is 1.77 bits per heavy atom. The predicted octanol–water partition coefficient (Wildman–Crippen LogP) is 5.78. The van der Waals surface area contributed by atoms with Crippen LogP contribution in [0.5, 0.6) is 5.88 Å². The topological polar surface area (TPSA) is 59.4 Å². The summed E-state index contributed by atoms with van der Waals surface area (Å²) in [5.74, 6) is -1.86. The second-order valence-electron chi connectivity index (χ2n) is 7.87. The number of alkyl halides is 3. The van der Waals surface area contributed by atoms with Crippen molar-refractivity contribution in [3.05, 3.63) is 59.3 Å². The number of hydrogen-bond donors (Lipinski definition) is 1. The van der Waals surface area contributed by atoms with Gasteiger partial charge in [0.2, 0.25) is 5.88 Å². The van der Waals surface area contributed by atoms with Crippen LogP contribution in [0, 0.1) is 5.92 Å². The molecule has 1 heterocycles. The van der Waals surface area contributed by atoms with E-state index in [1.807, 2.05) is 6.92 Å². The van der Waals surface area contributed by atoms with E-state index in [1.165, 1.54) is 12.3 Å². The third-order valence-electron chi connectivity index (χ3n) is 6.01. The maximum absolute atomic E-state index is 13.2. The minimum absolute atomic E-state index is 0.0190. The summed E-state index contributed by atoms with van der Waals surface area (Å²) < 4.78 is 44.9. The lowest BCUT2D eigenvalue weighted by molar-refractivity contribution is -0.184. The minimum Gasteiger partial charge on any atom is -0.493 e. The Morgan fingerprint density at radius 1 is 1.13 bits per heavy atom. The van der Waals surface area contributed by atoms with Crippen LogP contribution in [0.1, 0.15) is 66.9 Å². The van der Waals surface area contributed by atoms with Crippen molar-refractivity contribution in [3.8, 4) is 5.88 Å². The number of halogens is 3. The van der Waals surface area contributed by atoms with Crippen molar-refractivity contribution >= 4 is 5.97 Å². The first-order chi connectivity index (χ1) is 14.3. The molecule has 0 aliphatic heterocycles. The molecule has 1 aromatic heterocycles. The average molecular weight is 421 g/mol. The number of aromatic hydroxyl groups is 1. The molecule has 0 amide bonds. The number of unbranched alkanes of at least 4 members (excludes halogenated alkanes) is 1. The molecule has 0 spiro atoms. The summed E-state index contributed by atoms with van der Waals surface area (Å²) in [6.45, 7) is 2.37. The third kappa shape index (κ3) is 4.77. The number of aromatic nitrogens is 1. The predicted molar refractivity (Wildman–Crippen MR) is 106 cm³/mol. The lowest BCUT2D eigenvalue weighted by atomic mass is 9.63. The Labute approximate surface area is 174 Å². The van der Waals surface area contributed by atoms with E-state index < -0.39 is 23.5 Å². The molecule has 0 atom stereocenters. The minimum atomic E-state index is -4.20. The van der Waals surface area contributed by atoms with Crippen molar-refractivity contribution in [1.29, 1.82) is 0 Å². The molecular weight excluding hydrogens is 395 g/mol. The van der Waals surface area contributed by atoms with Gasteiger partial charge in [-0.25, -0.2) is 9.78 Å². The third-order valence-corrected chi connectivity index (χ3v) is 6.01. The average Bonchev–Trinajstić information content (AvgIpc) is 2.74. The highest BCUT2D eigenvalue weighted by atomic mass is 19.4. The summed E-state index contributed by atoms with van der Waals surface area (Å²) >= 11 is 0. The van der Waals surface area contributed by atoms with Gasteiger partial charge >= 0.3 is 12.1 Å². The van der Waals surface area contributed by atoms with Gasteiger partial charge in [-0.05, 0) is 55.4 Å². The van der Waals surface area contributed by atoms with E-state index in [9.17, 15) is 23.1 Å². The van der Waals surface area contributed by atoms with Crippen molar-refractivity contribution < 1.29 is 27.8 Å². The van der Waals surface area contributed by atoms with E-state index in [-0.39, 0.29) is 18.7 Å². The number of pyridine rings is 1. The van der Waals surface area contributed by atoms with Crippen LogP contribution in [0.15, 0.2) is 42.6 Å². The van der Waals surface area contributed by atoms with E-state index in [1.54, 1.807) is 30.3 Å². The molecule has 1 N–H and O–H groups in total. The summed E-state index contributed by atoms with van der Waals surface area (Å²) in [5.41, 5.74) is 1.37. The van der Waals surface area contributed by atoms with E-state index in [4.69, 9.17) is 4.74 Å². The Balaban J connectivity index is 1.88. The molecule has 1 aromatic carbocycles. The molecule has 2 aromatic rings. The summed E-state index contributed by atoms with van der Waals surface area (Å²) in [4.78, 5) is 16.1. The number of ether oxygens (including phenoxy) is 1. The highest BCUT2D eigenvalue weighted by Gasteiger charge is 2.47. The van der Waals surface area contributed by atoms with E-state index in [2.05, 4.69) is 4.98 Å². The number of rotatable bonds is 6. The van der Waals surface area contributed by atoms with Crippen LogP contribution in [-0.4, -0.2) is 28.8 Å². The highest BCUT2D eigenvalue weighted by Crippen LogP contribution is 2.50. The Hall–Kier alpha value is -2.57. The molecule has 1 saturated carbocycles. The summed E-state index contributed by atoms with van der Waals surface area (Å²) in [7, 11) is 0. The van der Waals surface area contributed by atoms with Crippen molar-refractivity contribution in [2.45, 2.75) is 57.0 Å². The quantitative estimate of drug-likeness (QED) is 0.474. The standard InChI is InChI=1S/C23H26F3NO3/c1-2-3-14-30-21(29)16-4-6-17(7-5-16)22(19-8-9-20(28)27-15-19)12-10-18(11-13-22)23(24,25)26/h4-9,15,18H,2-3,10-14H2,1H3,(H,27,28). The highest BCUT2D eigenvalue weighted by molar-refractivity contribution is 5.89. The zero-order chi connectivity index (χ0) is 21.8. The number of esters is 1. The number of nitrogens with zero attached hydrogens (tertiary/aromatic N) is 1. The molecule has 0 bridgehead atoms. The van der Waals surface area contributed by atoms with Gasteiger partial charge < -0.3 is 9.84 Å². The second-order valence-corrected chi connectivity index (χ2v) is 7.87. The molecule has 30 heavy (non-hydrogen) atoms. The Bertz CT molecular complexity index is 839. The fraction of sp³-hybridized carbons (Fsp3) is 0.478. The fourth-order valence-electron chi connectivity index (χ4n) is 4.17. The lowest BCUT2D eigenvalue weighted by Crippen LogP contribution is -2.37. The number of benzene rings is 1. The monoisotopic (exact) mass is 421 g/mol. The maximum Gasteiger partial charge on any atom is 0.391 e. The first-order valence-electron chi connectivity index (χ1n) is 10.3. The van der Waals surface area contributed by atoms with Gasteiger partial charge in [-0.1, -0.05) is 31.5 Å². The molecule has 4 nitrogen and oxygen atoms in total. The van der Waals surface area contributed by atoms with Gasteiger partial charge in [0.25, 0.3) is 0 Å². The molecular formula is C23H26F3NO3. The molecule has 1 fully saturated rings. The first-order valence-corrected chi connectivity index (χ1v) is 10.3. The SMILES string of the molecule is CCCCOC(=O)c1ccc(C2(c3ccc(O)nc3)CCC(C(F)(F)F)CC2)cc1. The van der Waals surface area contributed by atoms with Gasteiger partial charge in [-0.3, -0.25) is 0 Å². The van der Waals surface area contributed by atoms with Gasteiger partial charge in [0.1, 0.15) is 0 Å². The lowest BCUT2D eigenvalue weighted by Gasteiger charge is -2.41. The van der Waals surface area contributed by atoms with Crippen LogP contribution in [-0.2, 0) is 10.2 Å². The van der Waals surface area contributed by atoms with Crippen LogP contribution in [0.2, 0.25) is 0 Å². The van der Waals surface area contributed by atoms with Crippen LogP contribution in [0.25, 0.3) is 0 Å². The smallest absolute Gasteiger partial charge is 0.391 e. The van der Waals surface area contributed by atoms with Crippen LogP contribution < -0.4 is 0 Å². The Kier molecular flexibility index (Phi) is 6.68. The molecule has 0 unspecified atom stereocenters. The molecule has 3 rings (SSSR count). The van der Waals surface area contributed by atoms with Crippen molar-refractivity contribution in [1.82, 2.24) is 4.98 Å². The van der Waals surface area contributed by atoms with Crippen molar-refractivity contribution in [3.63, 3.8) is 0 Å². The van der Waals surface area contributed by atoms with Crippen molar-refractivity contribution in [2.75, 3.05) is 6.61 Å². The van der Waals surface area contributed by atoms with E-state index in [0.29, 0.717) is 25.0 Å². The van der Waals surface area contributed by atoms with Crippen LogP contribution in [0.4, 0.5) is 13.2 Å². The summed E-state index contributed by atoms with van der Waals surface area (Å²) in [6.07, 6.45) is -0.304. The van der Waals surface area contributed by atoms with E-state index in [0.717, 1.165) is 24.0 Å². The molecule has 7 heteroatoms. The van der Waals surface area contributed by atoms with Gasteiger partial charge in [-0.15, -0.1) is 0 Å². The molecule has 1 aliphatic rings. The molecule has 0 saturated heterocycles. The molecule has 1 aliphatic carbocycles. The zero-order valence-electron chi connectivity index (χ0n) is 16.9. The largest absolute Gasteiger partial charge is 0.493 e. The van der Waals surface area contributed by atoms with Crippen LogP contribution in [0.3, 0.4) is 0 Å². The molecule has 0 radical (unpaired) electrons. The summed E-state index contributed by atoms with van der Waals surface area (Å²) in [6, 6.07) is 10.1. The van der Waals surface area contributed by atoms with Gasteiger partial charge in [-0.2, -0.15) is 13.2 Å². The zero-order valence-corrected chi connectivity index (χ0v) is 16.9. The Morgan fingerprint density at radius 3 is 2.30 bits per heavy atom. The first kappa shape index (κ1) is 22.1. The van der Waals surface area contributed by atoms with E-state index >= 15 is 0 Å². The number of carbonyl (C=O) groups excluding carboxylic acids is 1. The van der Waals surface area contributed by atoms with Crippen LogP contribution >= 0.6 is 0 Å². The second kappa shape index (κ2) is 9.06. The number of carbonyl (C=O) groups is 1. The van der Waals surface area contributed by atoms with Crippen molar-refractivity contribution in [2.24, 2.45) is 5.92 Å². The summed E-state index contributed by atoms with van der Waals surface area (Å²) in [5, 5.41) is 9.53. The van der Waals surface area contributed by atoms with Gasteiger partial charge in [0.15, 0.2) is 0 Å².